The van der Waals surface area contributed by atoms with Crippen LogP contribution >= 0.6 is 23.2 Å². The van der Waals surface area contributed by atoms with E-state index >= 15 is 0 Å². The van der Waals surface area contributed by atoms with Crippen LogP contribution in [0.5, 0.6) is 5.75 Å². The van der Waals surface area contributed by atoms with Crippen LogP contribution in [0.15, 0.2) is 48.5 Å². The second-order valence-corrected chi connectivity index (χ2v) is 8.37. The maximum Gasteiger partial charge on any atom is 0.261 e. The minimum absolute atomic E-state index is 0.162. The van der Waals surface area contributed by atoms with Gasteiger partial charge in [-0.3, -0.25) is 9.59 Å². The van der Waals surface area contributed by atoms with E-state index in [1.165, 1.54) is 4.90 Å². The Morgan fingerprint density at radius 1 is 1.13 bits per heavy atom. The molecule has 2 aromatic rings. The summed E-state index contributed by atoms with van der Waals surface area (Å²) in [5, 5.41) is 4.15. The van der Waals surface area contributed by atoms with Gasteiger partial charge in [-0.1, -0.05) is 60.3 Å². The molecule has 0 radical (unpaired) electrons. The molecule has 0 heterocycles. The molecule has 2 aromatic carbocycles. The maximum absolute atomic E-state index is 13.0. The summed E-state index contributed by atoms with van der Waals surface area (Å²) in [4.78, 5) is 27.4. The Kier molecular flexibility index (Phi) is 8.00. The molecule has 1 atom stereocenters. The van der Waals surface area contributed by atoms with Crippen molar-refractivity contribution in [3.8, 4) is 5.75 Å². The Hall–Kier alpha value is -2.24. The summed E-state index contributed by atoms with van der Waals surface area (Å²) in [6.07, 6.45) is 4.20. The van der Waals surface area contributed by atoms with Crippen molar-refractivity contribution in [2.24, 2.45) is 0 Å². The molecule has 1 fully saturated rings. The zero-order chi connectivity index (χ0) is 21.5. The van der Waals surface area contributed by atoms with Crippen LogP contribution in [0.3, 0.4) is 0 Å². The van der Waals surface area contributed by atoms with Crippen LogP contribution in [-0.2, 0) is 16.1 Å². The number of benzene rings is 2. The molecule has 0 aliphatic heterocycles. The first-order chi connectivity index (χ1) is 14.4. The lowest BCUT2D eigenvalue weighted by Crippen LogP contribution is -2.50. The number of hydrogen-bond acceptors (Lipinski definition) is 3. The molecule has 1 aliphatic carbocycles. The molecule has 0 bridgehead atoms. The minimum atomic E-state index is -0.655. The van der Waals surface area contributed by atoms with E-state index in [2.05, 4.69) is 5.32 Å². The van der Waals surface area contributed by atoms with Crippen LogP contribution < -0.4 is 10.1 Å². The Morgan fingerprint density at radius 3 is 2.57 bits per heavy atom. The number of nitrogens with zero attached hydrogens (tertiary/aromatic N) is 1. The molecular weight excluding hydrogens is 423 g/mol. The molecule has 0 spiro atoms. The van der Waals surface area contributed by atoms with Crippen LogP contribution in [0.25, 0.3) is 0 Å². The van der Waals surface area contributed by atoms with Gasteiger partial charge < -0.3 is 15.0 Å². The van der Waals surface area contributed by atoms with Gasteiger partial charge in [-0.2, -0.15) is 0 Å². The summed E-state index contributed by atoms with van der Waals surface area (Å²) in [7, 11) is 0. The normalized spacial score (nSPS) is 14.9. The van der Waals surface area contributed by atoms with Crippen LogP contribution in [-0.4, -0.2) is 35.4 Å². The van der Waals surface area contributed by atoms with Gasteiger partial charge in [-0.15, -0.1) is 0 Å². The summed E-state index contributed by atoms with van der Waals surface area (Å²) in [5.74, 6) is 0.0330. The molecule has 0 aromatic heterocycles. The molecule has 1 saturated carbocycles. The highest BCUT2D eigenvalue weighted by atomic mass is 35.5. The van der Waals surface area contributed by atoms with Gasteiger partial charge in [0.2, 0.25) is 5.91 Å². The highest BCUT2D eigenvalue weighted by molar-refractivity contribution is 6.31. The third-order valence-corrected chi connectivity index (χ3v) is 5.93. The molecule has 5 nitrogen and oxygen atoms in total. The molecule has 2 amide bonds. The van der Waals surface area contributed by atoms with E-state index in [1.54, 1.807) is 37.3 Å². The molecule has 3 rings (SSSR count). The molecule has 30 heavy (non-hydrogen) atoms. The number of carbonyl (C=O) groups is 2. The van der Waals surface area contributed by atoms with Crippen molar-refractivity contribution in [2.75, 3.05) is 6.61 Å². The number of rotatable bonds is 8. The fourth-order valence-electron chi connectivity index (χ4n) is 3.57. The fourth-order valence-corrected chi connectivity index (χ4v) is 3.95. The zero-order valence-corrected chi connectivity index (χ0v) is 18.5. The second-order valence-electron chi connectivity index (χ2n) is 7.53. The van der Waals surface area contributed by atoms with E-state index in [4.69, 9.17) is 27.9 Å². The monoisotopic (exact) mass is 448 g/mol. The third kappa shape index (κ3) is 6.13. The van der Waals surface area contributed by atoms with Gasteiger partial charge in [0.25, 0.3) is 5.91 Å². The lowest BCUT2D eigenvalue weighted by Gasteiger charge is -2.30. The lowest BCUT2D eigenvalue weighted by molar-refractivity contribution is -0.142. The number of amides is 2. The van der Waals surface area contributed by atoms with Gasteiger partial charge in [0.1, 0.15) is 11.8 Å². The molecule has 1 N–H and O–H groups in total. The number of hydrogen-bond donors (Lipinski definition) is 1. The maximum atomic E-state index is 13.0. The first-order valence-corrected chi connectivity index (χ1v) is 10.9. The Balaban J connectivity index is 1.72. The van der Waals surface area contributed by atoms with Crippen LogP contribution in [0.1, 0.15) is 38.2 Å². The largest absolute Gasteiger partial charge is 0.484 e. The Morgan fingerprint density at radius 2 is 1.87 bits per heavy atom. The van der Waals surface area contributed by atoms with E-state index in [0.717, 1.165) is 31.2 Å². The van der Waals surface area contributed by atoms with Gasteiger partial charge in [0.05, 0.1) is 0 Å². The molecular formula is C23H26Cl2N2O3. The van der Waals surface area contributed by atoms with Crippen LogP contribution in [0.2, 0.25) is 10.0 Å². The molecule has 1 aliphatic rings. The van der Waals surface area contributed by atoms with E-state index in [9.17, 15) is 9.59 Å². The van der Waals surface area contributed by atoms with Crippen molar-refractivity contribution >= 4 is 35.0 Å². The average molecular weight is 449 g/mol. The summed E-state index contributed by atoms with van der Waals surface area (Å²) >= 11 is 12.3. The number of halogens is 2. The first-order valence-electron chi connectivity index (χ1n) is 10.2. The Labute approximate surface area is 187 Å². The van der Waals surface area contributed by atoms with Gasteiger partial charge in [-0.05, 0) is 49.6 Å². The van der Waals surface area contributed by atoms with Crippen molar-refractivity contribution < 1.29 is 14.3 Å². The summed E-state index contributed by atoms with van der Waals surface area (Å²) < 4.78 is 5.62. The predicted octanol–water partition coefficient (Wildman–Crippen LogP) is 4.85. The van der Waals surface area contributed by atoms with Crippen molar-refractivity contribution in [3.05, 3.63) is 64.1 Å². The second kappa shape index (κ2) is 10.7. The highest BCUT2D eigenvalue weighted by Gasteiger charge is 2.29. The molecule has 160 valence electrons. The fraction of sp³-hybridized carbons (Fsp3) is 0.391. The van der Waals surface area contributed by atoms with Gasteiger partial charge in [-0.25, -0.2) is 0 Å². The third-order valence-electron chi connectivity index (χ3n) is 5.33. The highest BCUT2D eigenvalue weighted by Crippen LogP contribution is 2.21. The topological polar surface area (TPSA) is 58.6 Å². The Bertz CT molecular complexity index is 884. The van der Waals surface area contributed by atoms with Gasteiger partial charge in [0.15, 0.2) is 6.61 Å². The number of nitrogens with one attached hydrogen (secondary N) is 1. The molecule has 7 heteroatoms. The van der Waals surface area contributed by atoms with E-state index in [-0.39, 0.29) is 31.0 Å². The van der Waals surface area contributed by atoms with Crippen molar-refractivity contribution in [3.63, 3.8) is 0 Å². The van der Waals surface area contributed by atoms with Crippen LogP contribution in [0.4, 0.5) is 0 Å². The number of carbonyl (C=O) groups excluding carboxylic acids is 2. The summed E-state index contributed by atoms with van der Waals surface area (Å²) in [6, 6.07) is 13.7. The van der Waals surface area contributed by atoms with Gasteiger partial charge >= 0.3 is 0 Å². The zero-order valence-electron chi connectivity index (χ0n) is 16.9. The number of ether oxygens (including phenoxy) is 1. The van der Waals surface area contributed by atoms with Crippen molar-refractivity contribution in [1.82, 2.24) is 10.2 Å². The van der Waals surface area contributed by atoms with Crippen molar-refractivity contribution in [2.45, 2.75) is 51.2 Å². The van der Waals surface area contributed by atoms with Gasteiger partial charge in [0, 0.05) is 22.6 Å². The van der Waals surface area contributed by atoms with Crippen LogP contribution in [0, 0.1) is 0 Å². The molecule has 0 saturated heterocycles. The van der Waals surface area contributed by atoms with E-state index in [1.807, 2.05) is 18.2 Å². The lowest BCUT2D eigenvalue weighted by atomic mass is 10.1. The minimum Gasteiger partial charge on any atom is -0.484 e. The average Bonchev–Trinajstić information content (AvgIpc) is 3.24. The molecule has 0 unspecified atom stereocenters. The van der Waals surface area contributed by atoms with E-state index in [0.29, 0.717) is 15.8 Å². The summed E-state index contributed by atoms with van der Waals surface area (Å²) in [5.41, 5.74) is 0.774. The first kappa shape index (κ1) is 22.4. The van der Waals surface area contributed by atoms with Crippen molar-refractivity contribution in [1.29, 1.82) is 0 Å². The predicted molar refractivity (Wildman–Crippen MR) is 119 cm³/mol. The summed E-state index contributed by atoms with van der Waals surface area (Å²) in [6.45, 7) is 1.75. The SMILES string of the molecule is C[C@H](C(=O)NC1CCCC1)N(Cc1ccccc1Cl)C(=O)COc1cccc(Cl)c1. The standard InChI is InChI=1S/C23H26Cl2N2O3/c1-16(23(29)26-19-9-3-4-10-19)27(14-17-7-2-5-12-21(17)25)22(28)15-30-20-11-6-8-18(24)13-20/h2,5-8,11-13,16,19H,3-4,9-10,14-15H2,1H3,(H,26,29)/t16-/m1/s1. The quantitative estimate of drug-likeness (QED) is 0.627. The smallest absolute Gasteiger partial charge is 0.261 e. The van der Waals surface area contributed by atoms with E-state index < -0.39 is 6.04 Å².